The van der Waals surface area contributed by atoms with E-state index in [-0.39, 0.29) is 57.1 Å². The second kappa shape index (κ2) is 16.5. The summed E-state index contributed by atoms with van der Waals surface area (Å²) in [6.07, 6.45) is 2.86. The fourth-order valence-corrected chi connectivity index (χ4v) is 9.15. The number of carbonyl (C=O) groups excluding carboxylic acids is 1. The highest BCUT2D eigenvalue weighted by molar-refractivity contribution is 14.1. The molecule has 7 atom stereocenters. The van der Waals surface area contributed by atoms with E-state index in [4.69, 9.17) is 18.0 Å². The predicted molar refractivity (Wildman–Crippen MR) is 207 cm³/mol. The van der Waals surface area contributed by atoms with E-state index in [2.05, 4.69) is 131 Å². The molecule has 0 amide bonds. The zero-order valence-corrected chi connectivity index (χ0v) is 37.3. The Morgan fingerprint density at radius 1 is 0.889 bits per heavy atom. The van der Waals surface area contributed by atoms with E-state index in [1.54, 1.807) is 10.2 Å². The van der Waals surface area contributed by atoms with E-state index < -0.39 is 31.1 Å². The van der Waals surface area contributed by atoms with Gasteiger partial charge in [0.15, 0.2) is 25.0 Å². The Bertz CT molecular complexity index is 964. The van der Waals surface area contributed by atoms with Crippen LogP contribution in [0.1, 0.15) is 102 Å². The first-order valence-electron chi connectivity index (χ1n) is 17.2. The molecule has 0 saturated carbocycles. The Hall–Kier alpha value is 0.591. The maximum absolute atomic E-state index is 13.3. The molecule has 1 aliphatic rings. The zero-order valence-electron chi connectivity index (χ0n) is 32.1. The summed E-state index contributed by atoms with van der Waals surface area (Å²) in [6, 6.07) is 0. The molecule has 1 heterocycles. The topological polar surface area (TPSA) is 74.2 Å². The summed E-state index contributed by atoms with van der Waals surface area (Å²) in [7, 11) is -6.15. The maximum atomic E-state index is 13.3. The molecular weight excluding hydrogens is 728 g/mol. The van der Waals surface area contributed by atoms with Crippen LogP contribution in [0.5, 0.6) is 0 Å². The summed E-state index contributed by atoms with van der Waals surface area (Å²) in [5.74, 6) is 0.0140. The van der Waals surface area contributed by atoms with Gasteiger partial charge in [0.2, 0.25) is 0 Å². The summed E-state index contributed by atoms with van der Waals surface area (Å²) in [5, 5.41) is 10.6. The fraction of sp³-hybridized carbons (Fsp3) is 0.914. The molecule has 0 bridgehead atoms. The van der Waals surface area contributed by atoms with Gasteiger partial charge in [-0.2, -0.15) is 0 Å². The Morgan fingerprint density at radius 2 is 1.40 bits per heavy atom. The van der Waals surface area contributed by atoms with E-state index in [0.29, 0.717) is 19.4 Å². The van der Waals surface area contributed by atoms with Gasteiger partial charge in [0.1, 0.15) is 5.78 Å². The number of hydrogen-bond acceptors (Lipinski definition) is 6. The number of ether oxygens (including phenoxy) is 1. The first-order valence-corrected chi connectivity index (χ1v) is 27.1. The van der Waals surface area contributed by atoms with Crippen molar-refractivity contribution in [2.75, 3.05) is 6.61 Å². The molecule has 0 aliphatic carbocycles. The number of aliphatic hydroxyl groups is 1. The van der Waals surface area contributed by atoms with E-state index in [1.165, 1.54) is 0 Å². The molecule has 0 aromatic heterocycles. The molecule has 6 nitrogen and oxygen atoms in total. The molecule has 1 fully saturated rings. The minimum Gasteiger partial charge on any atom is -0.417 e. The average molecular weight is 799 g/mol. The van der Waals surface area contributed by atoms with Crippen molar-refractivity contribution in [1.82, 2.24) is 0 Å². The van der Waals surface area contributed by atoms with Crippen LogP contribution in [0.2, 0.25) is 54.4 Å². The second-order valence-electron chi connectivity index (χ2n) is 18.3. The van der Waals surface area contributed by atoms with Crippen LogP contribution in [0.3, 0.4) is 0 Å². The third kappa shape index (κ3) is 12.8. The highest BCUT2D eigenvalue weighted by Crippen LogP contribution is 2.44. The van der Waals surface area contributed by atoms with Gasteiger partial charge in [-0.05, 0) is 82.8 Å². The molecule has 0 spiro atoms. The highest BCUT2D eigenvalue weighted by Gasteiger charge is 2.50. The first kappa shape index (κ1) is 43.6. The Balaban J connectivity index is 3.36. The van der Waals surface area contributed by atoms with Crippen molar-refractivity contribution in [1.29, 1.82) is 0 Å². The van der Waals surface area contributed by atoms with Gasteiger partial charge in [-0.1, -0.05) is 98.8 Å². The van der Waals surface area contributed by atoms with E-state index in [1.807, 2.05) is 6.92 Å². The van der Waals surface area contributed by atoms with Gasteiger partial charge >= 0.3 is 0 Å². The molecular formula is C35H71IO6Si3. The highest BCUT2D eigenvalue weighted by atomic mass is 127. The van der Waals surface area contributed by atoms with Crippen LogP contribution in [0.4, 0.5) is 0 Å². The molecule has 0 aromatic rings. The molecule has 0 radical (unpaired) electrons. The smallest absolute Gasteiger partial charge is 0.192 e. The van der Waals surface area contributed by atoms with Crippen molar-refractivity contribution >= 4 is 53.3 Å². The van der Waals surface area contributed by atoms with Crippen molar-refractivity contribution in [2.45, 2.75) is 187 Å². The normalized spacial score (nSPS) is 23.8. The number of rotatable bonds is 16. The lowest BCUT2D eigenvalue weighted by atomic mass is 9.90. The molecule has 0 unspecified atom stereocenters. The van der Waals surface area contributed by atoms with E-state index in [0.717, 1.165) is 12.8 Å². The summed E-state index contributed by atoms with van der Waals surface area (Å²) >= 11 is 2.10. The summed E-state index contributed by atoms with van der Waals surface area (Å²) in [5.41, 5.74) is 0. The van der Waals surface area contributed by atoms with Crippen molar-refractivity contribution < 1.29 is 27.9 Å². The Labute approximate surface area is 295 Å². The van der Waals surface area contributed by atoms with Gasteiger partial charge in [-0.25, -0.2) is 0 Å². The summed E-state index contributed by atoms with van der Waals surface area (Å²) in [4.78, 5) is 13.3. The number of aliphatic hydroxyl groups excluding tert-OH is 1. The summed E-state index contributed by atoms with van der Waals surface area (Å²) < 4.78 is 29.7. The number of halogens is 1. The zero-order chi connectivity index (χ0) is 35.4. The molecule has 1 saturated heterocycles. The van der Waals surface area contributed by atoms with Crippen LogP contribution in [-0.2, 0) is 22.8 Å². The fourth-order valence-electron chi connectivity index (χ4n) is 4.94. The molecule has 1 rings (SSSR count). The minimum absolute atomic E-state index is 0.0151. The van der Waals surface area contributed by atoms with Crippen molar-refractivity contribution in [3.63, 3.8) is 0 Å². The minimum atomic E-state index is -2.12. The van der Waals surface area contributed by atoms with Crippen molar-refractivity contribution in [3.8, 4) is 0 Å². The maximum Gasteiger partial charge on any atom is 0.192 e. The van der Waals surface area contributed by atoms with Gasteiger partial charge in [-0.3, -0.25) is 4.79 Å². The molecule has 10 heteroatoms. The third-order valence-corrected chi connectivity index (χ3v) is 25.2. The van der Waals surface area contributed by atoms with Crippen LogP contribution in [0.15, 0.2) is 10.2 Å². The second-order valence-corrected chi connectivity index (χ2v) is 33.4. The lowest BCUT2D eigenvalue weighted by molar-refractivity contribution is -0.123. The molecule has 1 N–H and O–H groups in total. The predicted octanol–water partition coefficient (Wildman–Crippen LogP) is 10.3. The quantitative estimate of drug-likeness (QED) is 0.124. The third-order valence-electron chi connectivity index (χ3n) is 11.3. The SMILES string of the molecule is C[C@@H](CC(=O)C[C@H](C)[C@H](O)/C=C/I)[C@@H]1O[C@H]([C@H](CCO[Si](C)(C)C(C)(C)C)O[Si](C)(C)C(C)(C)C)C[C@@H]1O[Si](C)(C)C(C)(C)C. The van der Waals surface area contributed by atoms with Gasteiger partial charge in [0.25, 0.3) is 0 Å². The number of carbonyl (C=O) groups is 1. The van der Waals surface area contributed by atoms with Crippen LogP contribution >= 0.6 is 22.6 Å². The largest absolute Gasteiger partial charge is 0.417 e. The number of hydrogen-bond donors (Lipinski definition) is 1. The molecule has 0 aromatic carbocycles. The summed E-state index contributed by atoms with van der Waals surface area (Å²) in [6.45, 7) is 39.0. The monoisotopic (exact) mass is 798 g/mol. The van der Waals surface area contributed by atoms with E-state index in [9.17, 15) is 9.90 Å². The van der Waals surface area contributed by atoms with Gasteiger partial charge in [0.05, 0.1) is 30.5 Å². The molecule has 266 valence electrons. The van der Waals surface area contributed by atoms with Crippen LogP contribution < -0.4 is 0 Å². The standard InChI is InChI=1S/C35H71IO6Si3/c1-25(28(38)18-20-36)22-27(37)23-26(2)32-31(42-45(16,17)35(9,10)11)24-30(40-32)29(41-44(14,15)34(6,7)8)19-21-39-43(12,13)33(3,4)5/h18,20,25-26,28-32,38H,19,21-24H2,1-17H3/b20-18+/t25-,26-,28+,29-,30-,31-,32-/m0/s1. The van der Waals surface area contributed by atoms with E-state index >= 15 is 0 Å². The molecule has 1 aliphatic heterocycles. The van der Waals surface area contributed by atoms with Crippen LogP contribution in [0.25, 0.3) is 0 Å². The molecule has 45 heavy (non-hydrogen) atoms. The number of Topliss-reactive ketones (excluding diaryl/α,β-unsaturated/α-hetero) is 1. The van der Waals surface area contributed by atoms with Crippen LogP contribution in [-0.4, -0.2) is 73.0 Å². The Kier molecular flexibility index (Phi) is 16.0. The van der Waals surface area contributed by atoms with Crippen molar-refractivity contribution in [3.05, 3.63) is 10.2 Å². The Morgan fingerprint density at radius 3 is 1.87 bits per heavy atom. The lowest BCUT2D eigenvalue weighted by Crippen LogP contribution is -2.48. The van der Waals surface area contributed by atoms with Gasteiger partial charge in [0, 0.05) is 25.9 Å². The average Bonchev–Trinajstić information content (AvgIpc) is 3.24. The van der Waals surface area contributed by atoms with Gasteiger partial charge in [-0.15, -0.1) is 0 Å². The first-order chi connectivity index (χ1) is 20.1. The van der Waals surface area contributed by atoms with Crippen LogP contribution in [0, 0.1) is 11.8 Å². The van der Waals surface area contributed by atoms with Gasteiger partial charge < -0.3 is 23.1 Å². The lowest BCUT2D eigenvalue weighted by Gasteiger charge is -2.41. The van der Waals surface area contributed by atoms with Crippen molar-refractivity contribution in [2.24, 2.45) is 11.8 Å². The number of ketones is 1.